The number of likely N-dealkylation sites (tertiary alicyclic amines) is 1. The highest BCUT2D eigenvalue weighted by atomic mass is 15.3. The van der Waals surface area contributed by atoms with Crippen LogP contribution in [0.15, 0.2) is 36.7 Å². The number of hydrogen-bond donors (Lipinski definition) is 0. The summed E-state index contributed by atoms with van der Waals surface area (Å²) in [6.07, 6.45) is 6.48. The smallest absolute Gasteiger partial charge is 0.0991 e. The first-order valence-electron chi connectivity index (χ1n) is 6.98. The molecule has 1 aliphatic rings. The topological polar surface area (TPSA) is 44.9 Å². The molecule has 102 valence electrons. The molecule has 0 N–H and O–H groups in total. The van der Waals surface area contributed by atoms with Crippen molar-refractivity contribution in [2.45, 2.75) is 25.4 Å². The summed E-state index contributed by atoms with van der Waals surface area (Å²) in [5.41, 5.74) is 3.24. The Kier molecular flexibility index (Phi) is 3.53. The summed E-state index contributed by atoms with van der Waals surface area (Å²) < 4.78 is 1.86. The zero-order chi connectivity index (χ0) is 13.9. The second kappa shape index (κ2) is 5.48. The second-order valence-corrected chi connectivity index (χ2v) is 5.39. The van der Waals surface area contributed by atoms with Crippen molar-refractivity contribution in [2.24, 2.45) is 7.05 Å². The van der Waals surface area contributed by atoms with Gasteiger partial charge in [0.25, 0.3) is 0 Å². The zero-order valence-electron chi connectivity index (χ0n) is 11.7. The van der Waals surface area contributed by atoms with Gasteiger partial charge in [-0.25, -0.2) is 0 Å². The van der Waals surface area contributed by atoms with Gasteiger partial charge in [0, 0.05) is 31.4 Å². The summed E-state index contributed by atoms with van der Waals surface area (Å²) in [7, 11) is 1.96. The minimum atomic E-state index is 0.453. The Bertz CT molecular complexity index is 638. The van der Waals surface area contributed by atoms with E-state index >= 15 is 0 Å². The highest BCUT2D eigenvalue weighted by molar-refractivity contribution is 5.32. The van der Waals surface area contributed by atoms with Crippen LogP contribution in [0.2, 0.25) is 0 Å². The Balaban J connectivity index is 1.77. The second-order valence-electron chi connectivity index (χ2n) is 5.39. The van der Waals surface area contributed by atoms with E-state index < -0.39 is 0 Å². The molecule has 20 heavy (non-hydrogen) atoms. The third-order valence-corrected chi connectivity index (χ3v) is 3.92. The Labute approximate surface area is 119 Å². The standard InChI is InChI=1S/C16H18N4/c1-19-12-15(10-18-19)16-6-3-7-20(16)11-14-5-2-4-13(8-14)9-17/h2,4-5,8,10,12,16H,3,6-7,11H2,1H3. The van der Waals surface area contributed by atoms with E-state index in [4.69, 9.17) is 5.26 Å². The van der Waals surface area contributed by atoms with Crippen molar-refractivity contribution in [1.29, 1.82) is 5.26 Å². The van der Waals surface area contributed by atoms with Gasteiger partial charge in [-0.3, -0.25) is 9.58 Å². The van der Waals surface area contributed by atoms with Gasteiger partial charge in [-0.15, -0.1) is 0 Å². The fourth-order valence-corrected chi connectivity index (χ4v) is 2.98. The molecule has 4 heteroatoms. The van der Waals surface area contributed by atoms with E-state index in [0.29, 0.717) is 6.04 Å². The molecule has 0 radical (unpaired) electrons. The molecule has 0 spiro atoms. The molecule has 1 aromatic heterocycles. The van der Waals surface area contributed by atoms with Crippen LogP contribution in [0.3, 0.4) is 0 Å². The molecule has 1 unspecified atom stereocenters. The highest BCUT2D eigenvalue weighted by Gasteiger charge is 2.26. The van der Waals surface area contributed by atoms with Crippen LogP contribution in [0.25, 0.3) is 0 Å². The summed E-state index contributed by atoms with van der Waals surface area (Å²) >= 11 is 0. The van der Waals surface area contributed by atoms with Crippen LogP contribution in [0.4, 0.5) is 0 Å². The third kappa shape index (κ3) is 2.59. The van der Waals surface area contributed by atoms with Gasteiger partial charge in [-0.05, 0) is 37.1 Å². The lowest BCUT2D eigenvalue weighted by molar-refractivity contribution is 0.248. The SMILES string of the molecule is Cn1cc(C2CCCN2Cc2cccc(C#N)c2)cn1. The fourth-order valence-electron chi connectivity index (χ4n) is 2.98. The maximum atomic E-state index is 8.98. The van der Waals surface area contributed by atoms with E-state index in [1.54, 1.807) is 0 Å². The van der Waals surface area contributed by atoms with Crippen molar-refractivity contribution >= 4 is 0 Å². The van der Waals surface area contributed by atoms with Crippen molar-refractivity contribution in [3.05, 3.63) is 53.3 Å². The predicted octanol–water partition coefficient (Wildman–Crippen LogP) is 2.63. The highest BCUT2D eigenvalue weighted by Crippen LogP contribution is 2.32. The number of hydrogen-bond acceptors (Lipinski definition) is 3. The number of nitrogens with zero attached hydrogens (tertiary/aromatic N) is 4. The molecule has 4 nitrogen and oxygen atoms in total. The lowest BCUT2D eigenvalue weighted by Crippen LogP contribution is -2.22. The van der Waals surface area contributed by atoms with Crippen LogP contribution in [-0.4, -0.2) is 21.2 Å². The van der Waals surface area contributed by atoms with Crippen molar-refractivity contribution in [1.82, 2.24) is 14.7 Å². The number of aromatic nitrogens is 2. The molecular weight excluding hydrogens is 248 g/mol. The molecule has 0 bridgehead atoms. The molecule has 1 fully saturated rings. The fraction of sp³-hybridized carbons (Fsp3) is 0.375. The lowest BCUT2D eigenvalue weighted by atomic mass is 10.1. The summed E-state index contributed by atoms with van der Waals surface area (Å²) in [6, 6.07) is 10.6. The Morgan fingerprint density at radius 3 is 3.10 bits per heavy atom. The van der Waals surface area contributed by atoms with E-state index in [0.717, 1.165) is 18.7 Å². The van der Waals surface area contributed by atoms with Crippen molar-refractivity contribution in [3.8, 4) is 6.07 Å². The minimum Gasteiger partial charge on any atom is -0.292 e. The monoisotopic (exact) mass is 266 g/mol. The molecule has 2 heterocycles. The van der Waals surface area contributed by atoms with E-state index in [1.165, 1.54) is 24.0 Å². The summed E-state index contributed by atoms with van der Waals surface area (Å²) in [5, 5.41) is 13.3. The van der Waals surface area contributed by atoms with Crippen LogP contribution in [0, 0.1) is 11.3 Å². The molecule has 1 atom stereocenters. The Hall–Kier alpha value is -2.12. The molecule has 1 aliphatic heterocycles. The van der Waals surface area contributed by atoms with Crippen molar-refractivity contribution < 1.29 is 0 Å². The quantitative estimate of drug-likeness (QED) is 0.858. The van der Waals surface area contributed by atoms with E-state index in [2.05, 4.69) is 28.3 Å². The van der Waals surface area contributed by atoms with Gasteiger partial charge in [0.1, 0.15) is 0 Å². The lowest BCUT2D eigenvalue weighted by Gasteiger charge is -2.23. The normalized spacial score (nSPS) is 19.1. The van der Waals surface area contributed by atoms with Crippen LogP contribution in [0.1, 0.15) is 35.6 Å². The molecular formula is C16H18N4. The number of benzene rings is 1. The molecule has 1 saturated heterocycles. The first kappa shape index (κ1) is 12.9. The Morgan fingerprint density at radius 2 is 2.35 bits per heavy atom. The molecule has 0 saturated carbocycles. The van der Waals surface area contributed by atoms with Gasteiger partial charge >= 0.3 is 0 Å². The Morgan fingerprint density at radius 1 is 1.45 bits per heavy atom. The summed E-state index contributed by atoms with van der Waals surface area (Å²) in [5.74, 6) is 0. The van der Waals surface area contributed by atoms with Gasteiger partial charge in [0.2, 0.25) is 0 Å². The van der Waals surface area contributed by atoms with Crippen molar-refractivity contribution in [3.63, 3.8) is 0 Å². The summed E-state index contributed by atoms with van der Waals surface area (Å²) in [4.78, 5) is 2.48. The molecule has 1 aromatic carbocycles. The maximum Gasteiger partial charge on any atom is 0.0991 e. The first-order chi connectivity index (χ1) is 9.76. The van der Waals surface area contributed by atoms with Crippen LogP contribution in [-0.2, 0) is 13.6 Å². The first-order valence-corrected chi connectivity index (χ1v) is 6.98. The molecule has 3 rings (SSSR count). The summed E-state index contributed by atoms with van der Waals surface area (Å²) in [6.45, 7) is 2.01. The van der Waals surface area contributed by atoms with Crippen LogP contribution in [0.5, 0.6) is 0 Å². The largest absolute Gasteiger partial charge is 0.292 e. The van der Waals surface area contributed by atoms with E-state index in [1.807, 2.05) is 36.1 Å². The van der Waals surface area contributed by atoms with Crippen LogP contribution >= 0.6 is 0 Å². The molecule has 2 aromatic rings. The van der Waals surface area contributed by atoms with Gasteiger partial charge < -0.3 is 0 Å². The average Bonchev–Trinajstić information content (AvgIpc) is 3.08. The van der Waals surface area contributed by atoms with Gasteiger partial charge in [0.05, 0.1) is 17.8 Å². The number of nitriles is 1. The predicted molar refractivity (Wildman–Crippen MR) is 76.8 cm³/mol. The van der Waals surface area contributed by atoms with Gasteiger partial charge in [0.15, 0.2) is 0 Å². The van der Waals surface area contributed by atoms with E-state index in [-0.39, 0.29) is 0 Å². The average molecular weight is 266 g/mol. The zero-order valence-corrected chi connectivity index (χ0v) is 11.7. The minimum absolute atomic E-state index is 0.453. The van der Waals surface area contributed by atoms with Crippen molar-refractivity contribution in [2.75, 3.05) is 6.54 Å². The van der Waals surface area contributed by atoms with Crippen LogP contribution < -0.4 is 0 Å². The maximum absolute atomic E-state index is 8.98. The number of aryl methyl sites for hydroxylation is 1. The van der Waals surface area contributed by atoms with Gasteiger partial charge in [-0.2, -0.15) is 10.4 Å². The molecule has 0 aliphatic carbocycles. The molecule has 0 amide bonds. The number of rotatable bonds is 3. The van der Waals surface area contributed by atoms with Gasteiger partial charge in [-0.1, -0.05) is 12.1 Å². The van der Waals surface area contributed by atoms with E-state index in [9.17, 15) is 0 Å². The third-order valence-electron chi connectivity index (χ3n) is 3.92.